The lowest BCUT2D eigenvalue weighted by Crippen LogP contribution is -2.12. The first kappa shape index (κ1) is 15.0. The summed E-state index contributed by atoms with van der Waals surface area (Å²) in [6.07, 6.45) is 15.5. The molecule has 0 bridgehead atoms. The van der Waals surface area contributed by atoms with Crippen molar-refractivity contribution in [3.05, 3.63) is 47.6 Å². The highest BCUT2D eigenvalue weighted by molar-refractivity contribution is 5.19. The van der Waals surface area contributed by atoms with Crippen LogP contribution in [0, 0.1) is 5.92 Å². The molecule has 0 aromatic heterocycles. The average molecular weight is 246 g/mol. The third-order valence-corrected chi connectivity index (χ3v) is 3.20. The van der Waals surface area contributed by atoms with Crippen molar-refractivity contribution in [2.24, 2.45) is 5.92 Å². The highest BCUT2D eigenvalue weighted by Crippen LogP contribution is 2.15. The molecule has 100 valence electrons. The quantitative estimate of drug-likeness (QED) is 0.499. The first-order valence-electron chi connectivity index (χ1n) is 6.86. The summed E-state index contributed by atoms with van der Waals surface area (Å²) >= 11 is 0. The maximum Gasteiger partial charge on any atom is 0.0797 e. The molecule has 0 aliphatic carbocycles. The van der Waals surface area contributed by atoms with E-state index in [1.165, 1.54) is 11.1 Å². The monoisotopic (exact) mass is 246 g/mol. The fourth-order valence-corrected chi connectivity index (χ4v) is 2.13. The smallest absolute Gasteiger partial charge is 0.0797 e. The number of hydrogen-bond acceptors (Lipinski definition) is 1. The lowest BCUT2D eigenvalue weighted by molar-refractivity contribution is 0.102. The van der Waals surface area contributed by atoms with Gasteiger partial charge in [-0.2, -0.15) is 0 Å². The molecule has 0 radical (unpaired) electrons. The van der Waals surface area contributed by atoms with E-state index in [4.69, 9.17) is 4.74 Å². The van der Waals surface area contributed by atoms with E-state index in [9.17, 15) is 0 Å². The Kier molecular flexibility index (Phi) is 6.74. The molecule has 0 saturated heterocycles. The molecule has 0 amide bonds. The van der Waals surface area contributed by atoms with Crippen LogP contribution in [0.25, 0.3) is 0 Å². The normalized spacial score (nSPS) is 23.7. The molecule has 1 aliphatic rings. The van der Waals surface area contributed by atoms with Crippen molar-refractivity contribution in [3.63, 3.8) is 0 Å². The largest absolute Gasteiger partial charge is 0.370 e. The predicted molar refractivity (Wildman–Crippen MR) is 79.6 cm³/mol. The van der Waals surface area contributed by atoms with Crippen LogP contribution in [-0.2, 0) is 4.74 Å². The van der Waals surface area contributed by atoms with E-state index in [-0.39, 0.29) is 6.10 Å². The van der Waals surface area contributed by atoms with Gasteiger partial charge in [-0.15, -0.1) is 0 Å². The van der Waals surface area contributed by atoms with Crippen molar-refractivity contribution in [1.82, 2.24) is 0 Å². The van der Waals surface area contributed by atoms with Gasteiger partial charge in [-0.3, -0.25) is 0 Å². The molecule has 2 unspecified atom stereocenters. The highest BCUT2D eigenvalue weighted by atomic mass is 16.5. The Bertz CT molecular complexity index is 358. The van der Waals surface area contributed by atoms with Crippen LogP contribution < -0.4 is 0 Å². The lowest BCUT2D eigenvalue weighted by Gasteiger charge is -2.14. The third kappa shape index (κ3) is 6.02. The molecular formula is C17H26O. The molecule has 0 N–H and O–H groups in total. The van der Waals surface area contributed by atoms with E-state index in [1.807, 2.05) is 0 Å². The predicted octanol–water partition coefficient (Wildman–Crippen LogP) is 4.83. The van der Waals surface area contributed by atoms with Crippen LogP contribution in [0.4, 0.5) is 0 Å². The van der Waals surface area contributed by atoms with E-state index in [1.54, 1.807) is 0 Å². The maximum atomic E-state index is 5.61. The summed E-state index contributed by atoms with van der Waals surface area (Å²) in [6, 6.07) is 0. The molecule has 1 rings (SSSR count). The Hall–Kier alpha value is -1.08. The Morgan fingerprint density at radius 2 is 2.17 bits per heavy atom. The van der Waals surface area contributed by atoms with Crippen LogP contribution in [0.5, 0.6) is 0 Å². The van der Waals surface area contributed by atoms with Crippen molar-refractivity contribution in [2.45, 2.75) is 46.6 Å². The van der Waals surface area contributed by atoms with Gasteiger partial charge in [0.15, 0.2) is 0 Å². The topological polar surface area (TPSA) is 9.23 Å². The maximum absolute atomic E-state index is 5.61. The van der Waals surface area contributed by atoms with Crippen molar-refractivity contribution in [3.8, 4) is 0 Å². The summed E-state index contributed by atoms with van der Waals surface area (Å²) in [6.45, 7) is 9.47. The minimum atomic E-state index is 0.255. The number of hydrogen-bond donors (Lipinski definition) is 0. The van der Waals surface area contributed by atoms with Gasteiger partial charge in [-0.25, -0.2) is 0 Å². The molecule has 0 spiro atoms. The van der Waals surface area contributed by atoms with Crippen LogP contribution in [0.3, 0.4) is 0 Å². The average Bonchev–Trinajstić information content (AvgIpc) is 2.37. The number of allylic oxidation sites excluding steroid dienone is 5. The summed E-state index contributed by atoms with van der Waals surface area (Å²) in [5.41, 5.74) is 2.78. The summed E-state index contributed by atoms with van der Waals surface area (Å²) in [5, 5.41) is 0. The molecular weight excluding hydrogens is 220 g/mol. The van der Waals surface area contributed by atoms with Gasteiger partial charge in [0.1, 0.15) is 0 Å². The summed E-state index contributed by atoms with van der Waals surface area (Å²) in [4.78, 5) is 0. The van der Waals surface area contributed by atoms with E-state index in [0.29, 0.717) is 5.92 Å². The highest BCUT2D eigenvalue weighted by Gasteiger charge is 2.05. The minimum Gasteiger partial charge on any atom is -0.370 e. The Balaban J connectivity index is 2.45. The molecule has 0 saturated carbocycles. The molecule has 1 aliphatic heterocycles. The SMILES string of the molecule is C/C=C(\C)CC(C)/C=C(C)\C=C\C1CC=CCO1. The number of rotatable bonds is 5. The van der Waals surface area contributed by atoms with Gasteiger partial charge in [0.25, 0.3) is 0 Å². The molecule has 1 heterocycles. The lowest BCUT2D eigenvalue weighted by atomic mass is 9.99. The van der Waals surface area contributed by atoms with Crippen LogP contribution in [-0.4, -0.2) is 12.7 Å². The van der Waals surface area contributed by atoms with E-state index in [0.717, 1.165) is 19.4 Å². The van der Waals surface area contributed by atoms with E-state index in [2.05, 4.69) is 64.2 Å². The Labute approximate surface area is 112 Å². The van der Waals surface area contributed by atoms with E-state index < -0.39 is 0 Å². The van der Waals surface area contributed by atoms with Crippen LogP contribution in [0.1, 0.15) is 40.5 Å². The zero-order valence-electron chi connectivity index (χ0n) is 12.1. The standard InChI is InChI=1S/C17H26O/c1-5-14(2)12-16(4)13-15(3)9-10-17-8-6-7-11-18-17/h5-7,9-10,13,16-17H,8,11-12H2,1-4H3/b10-9+,14-5+,15-13-. The van der Waals surface area contributed by atoms with E-state index >= 15 is 0 Å². The Morgan fingerprint density at radius 3 is 2.78 bits per heavy atom. The first-order valence-corrected chi connectivity index (χ1v) is 6.86. The zero-order chi connectivity index (χ0) is 13.4. The molecule has 18 heavy (non-hydrogen) atoms. The van der Waals surface area contributed by atoms with Gasteiger partial charge in [0, 0.05) is 0 Å². The molecule has 1 nitrogen and oxygen atoms in total. The van der Waals surface area contributed by atoms with Gasteiger partial charge in [0.05, 0.1) is 12.7 Å². The first-order chi connectivity index (χ1) is 8.61. The van der Waals surface area contributed by atoms with Crippen LogP contribution in [0.15, 0.2) is 47.6 Å². The fourth-order valence-electron chi connectivity index (χ4n) is 2.13. The minimum absolute atomic E-state index is 0.255. The molecule has 1 heteroatoms. The van der Waals surface area contributed by atoms with Gasteiger partial charge in [-0.05, 0) is 39.5 Å². The third-order valence-electron chi connectivity index (χ3n) is 3.20. The Morgan fingerprint density at radius 1 is 1.39 bits per heavy atom. The second-order valence-electron chi connectivity index (χ2n) is 5.17. The molecule has 0 aromatic carbocycles. The van der Waals surface area contributed by atoms with Crippen molar-refractivity contribution in [2.75, 3.05) is 6.61 Å². The zero-order valence-corrected chi connectivity index (χ0v) is 12.1. The van der Waals surface area contributed by atoms with Crippen molar-refractivity contribution < 1.29 is 4.74 Å². The molecule has 0 fully saturated rings. The van der Waals surface area contributed by atoms with Gasteiger partial charge >= 0.3 is 0 Å². The molecule has 2 atom stereocenters. The molecule has 0 aromatic rings. The van der Waals surface area contributed by atoms with Gasteiger partial charge in [0.2, 0.25) is 0 Å². The van der Waals surface area contributed by atoms with Gasteiger partial charge in [-0.1, -0.05) is 54.5 Å². The van der Waals surface area contributed by atoms with Crippen molar-refractivity contribution in [1.29, 1.82) is 0 Å². The number of ether oxygens (including phenoxy) is 1. The second-order valence-corrected chi connectivity index (χ2v) is 5.17. The summed E-state index contributed by atoms with van der Waals surface area (Å²) in [7, 11) is 0. The van der Waals surface area contributed by atoms with Crippen molar-refractivity contribution >= 4 is 0 Å². The second kappa shape index (κ2) is 8.10. The van der Waals surface area contributed by atoms with Crippen LogP contribution >= 0.6 is 0 Å². The van der Waals surface area contributed by atoms with Crippen LogP contribution in [0.2, 0.25) is 0 Å². The van der Waals surface area contributed by atoms with Gasteiger partial charge < -0.3 is 4.74 Å². The summed E-state index contributed by atoms with van der Waals surface area (Å²) in [5.74, 6) is 0.595. The summed E-state index contributed by atoms with van der Waals surface area (Å²) < 4.78 is 5.61. The fraction of sp³-hybridized carbons (Fsp3) is 0.529.